The second-order valence-electron chi connectivity index (χ2n) is 7.24. The third-order valence-electron chi connectivity index (χ3n) is 4.57. The molecule has 3 amide bonds. The van der Waals surface area contributed by atoms with Crippen molar-refractivity contribution in [3.05, 3.63) is 11.4 Å². The highest BCUT2D eigenvalue weighted by Gasteiger charge is 2.28. The van der Waals surface area contributed by atoms with Crippen molar-refractivity contribution in [1.29, 1.82) is 0 Å². The number of hydrogen-bond acceptors (Lipinski definition) is 6. The molecule has 156 valence electrons. The summed E-state index contributed by atoms with van der Waals surface area (Å²) in [5, 5.41) is 12.8. The van der Waals surface area contributed by atoms with E-state index in [9.17, 15) is 14.4 Å². The van der Waals surface area contributed by atoms with E-state index in [0.717, 1.165) is 19.3 Å². The summed E-state index contributed by atoms with van der Waals surface area (Å²) in [6, 6.07) is 0. The van der Waals surface area contributed by atoms with E-state index >= 15 is 0 Å². The maximum atomic E-state index is 12.3. The fourth-order valence-corrected chi connectivity index (χ4v) is 2.89. The lowest BCUT2D eigenvalue weighted by atomic mass is 10.1. The molecule has 0 aromatic carbocycles. The molecule has 0 fully saturated rings. The SMILES string of the molecule is CNC(=O)CNC(=O)c1nnn2c1CN(C(=O)OCCCCCC(C)C)CC2. The first-order valence-corrected chi connectivity index (χ1v) is 9.75. The van der Waals surface area contributed by atoms with E-state index < -0.39 is 12.0 Å². The Bertz CT molecular complexity index is 688. The van der Waals surface area contributed by atoms with E-state index in [0.29, 0.717) is 31.3 Å². The van der Waals surface area contributed by atoms with Crippen molar-refractivity contribution in [2.75, 3.05) is 26.7 Å². The van der Waals surface area contributed by atoms with Crippen LogP contribution in [0, 0.1) is 5.92 Å². The van der Waals surface area contributed by atoms with E-state index in [1.807, 2.05) is 0 Å². The standard InChI is InChI=1S/C18H30N6O4/c1-13(2)7-5-4-6-10-28-18(27)23-8-9-24-14(12-23)16(21-22-24)17(26)20-11-15(25)19-3/h13H,4-12H2,1-3H3,(H,19,25)(H,20,26). The van der Waals surface area contributed by atoms with Gasteiger partial charge >= 0.3 is 6.09 Å². The summed E-state index contributed by atoms with van der Waals surface area (Å²) in [5.41, 5.74) is 0.657. The molecule has 0 atom stereocenters. The van der Waals surface area contributed by atoms with Gasteiger partial charge in [0, 0.05) is 13.6 Å². The number of fused-ring (bicyclic) bond motifs is 1. The molecule has 10 heteroatoms. The lowest BCUT2D eigenvalue weighted by molar-refractivity contribution is -0.119. The van der Waals surface area contributed by atoms with Crippen molar-refractivity contribution in [2.45, 2.75) is 52.6 Å². The average molecular weight is 394 g/mol. The summed E-state index contributed by atoms with van der Waals surface area (Å²) in [4.78, 5) is 37.4. The molecule has 0 aliphatic carbocycles. The summed E-state index contributed by atoms with van der Waals surface area (Å²) >= 11 is 0. The minimum atomic E-state index is -0.495. The Labute approximate surface area is 165 Å². The van der Waals surface area contributed by atoms with Gasteiger partial charge in [0.25, 0.3) is 5.91 Å². The summed E-state index contributed by atoms with van der Waals surface area (Å²) < 4.78 is 6.96. The summed E-state index contributed by atoms with van der Waals surface area (Å²) in [5.74, 6) is -0.115. The van der Waals surface area contributed by atoms with Crippen LogP contribution in [-0.2, 0) is 22.6 Å². The highest BCUT2D eigenvalue weighted by atomic mass is 16.6. The van der Waals surface area contributed by atoms with E-state index in [4.69, 9.17) is 4.74 Å². The molecule has 1 aliphatic heterocycles. The van der Waals surface area contributed by atoms with E-state index in [-0.39, 0.29) is 24.7 Å². The number of rotatable bonds is 9. The number of likely N-dealkylation sites (N-methyl/N-ethyl adjacent to an activating group) is 1. The highest BCUT2D eigenvalue weighted by Crippen LogP contribution is 2.16. The second-order valence-corrected chi connectivity index (χ2v) is 7.24. The molecule has 2 heterocycles. The smallest absolute Gasteiger partial charge is 0.410 e. The lowest BCUT2D eigenvalue weighted by Crippen LogP contribution is -2.40. The van der Waals surface area contributed by atoms with Crippen molar-refractivity contribution in [3.8, 4) is 0 Å². The third kappa shape index (κ3) is 6.21. The van der Waals surface area contributed by atoms with Crippen LogP contribution in [0.25, 0.3) is 0 Å². The van der Waals surface area contributed by atoms with Gasteiger partial charge in [-0.25, -0.2) is 9.48 Å². The number of amides is 3. The van der Waals surface area contributed by atoms with Gasteiger partial charge < -0.3 is 20.3 Å². The van der Waals surface area contributed by atoms with Gasteiger partial charge in [-0.3, -0.25) is 9.59 Å². The molecule has 28 heavy (non-hydrogen) atoms. The van der Waals surface area contributed by atoms with Crippen LogP contribution in [0.3, 0.4) is 0 Å². The minimum absolute atomic E-state index is 0.120. The van der Waals surface area contributed by atoms with Crippen LogP contribution in [0.2, 0.25) is 0 Å². The number of ether oxygens (including phenoxy) is 1. The first-order chi connectivity index (χ1) is 13.4. The normalized spacial score (nSPS) is 13.2. The maximum absolute atomic E-state index is 12.3. The minimum Gasteiger partial charge on any atom is -0.449 e. The Kier molecular flexibility index (Phi) is 8.21. The van der Waals surface area contributed by atoms with Crippen LogP contribution in [0.4, 0.5) is 4.79 Å². The molecule has 10 nitrogen and oxygen atoms in total. The monoisotopic (exact) mass is 394 g/mol. The van der Waals surface area contributed by atoms with Crippen molar-refractivity contribution < 1.29 is 19.1 Å². The zero-order chi connectivity index (χ0) is 20.5. The van der Waals surface area contributed by atoms with Gasteiger partial charge in [0.15, 0.2) is 5.69 Å². The topological polar surface area (TPSA) is 118 Å². The molecule has 0 bridgehead atoms. The van der Waals surface area contributed by atoms with E-state index in [2.05, 4.69) is 34.8 Å². The van der Waals surface area contributed by atoms with Crippen LogP contribution in [0.1, 0.15) is 55.7 Å². The molecule has 0 spiro atoms. The Morgan fingerprint density at radius 1 is 1.18 bits per heavy atom. The predicted octanol–water partition coefficient (Wildman–Crippen LogP) is 0.922. The summed E-state index contributed by atoms with van der Waals surface area (Å²) in [7, 11) is 1.49. The molecule has 2 N–H and O–H groups in total. The van der Waals surface area contributed by atoms with Crippen LogP contribution in [0.15, 0.2) is 0 Å². The number of nitrogens with one attached hydrogen (secondary N) is 2. The fraction of sp³-hybridized carbons (Fsp3) is 0.722. The maximum Gasteiger partial charge on any atom is 0.410 e. The largest absolute Gasteiger partial charge is 0.449 e. The zero-order valence-electron chi connectivity index (χ0n) is 16.9. The third-order valence-corrected chi connectivity index (χ3v) is 4.57. The van der Waals surface area contributed by atoms with Gasteiger partial charge in [-0.1, -0.05) is 38.3 Å². The molecule has 1 aliphatic rings. The zero-order valence-corrected chi connectivity index (χ0v) is 16.9. The van der Waals surface area contributed by atoms with Crippen molar-refractivity contribution in [1.82, 2.24) is 30.5 Å². The van der Waals surface area contributed by atoms with E-state index in [1.165, 1.54) is 13.5 Å². The number of aromatic nitrogens is 3. The average Bonchev–Trinajstić information content (AvgIpc) is 3.11. The van der Waals surface area contributed by atoms with Gasteiger partial charge in [0.05, 0.1) is 31.9 Å². The van der Waals surface area contributed by atoms with Gasteiger partial charge in [-0.05, 0) is 12.3 Å². The molecule has 0 radical (unpaired) electrons. The molecule has 0 unspecified atom stereocenters. The van der Waals surface area contributed by atoms with Gasteiger partial charge in [-0.15, -0.1) is 5.10 Å². The Hall–Kier alpha value is -2.65. The quantitative estimate of drug-likeness (QED) is 0.601. The number of carbonyl (C=O) groups excluding carboxylic acids is 3. The Morgan fingerprint density at radius 2 is 1.96 bits per heavy atom. The molecule has 1 aromatic rings. The molecule has 0 saturated carbocycles. The second kappa shape index (κ2) is 10.6. The number of nitrogens with zero attached hydrogens (tertiary/aromatic N) is 4. The lowest BCUT2D eigenvalue weighted by Gasteiger charge is -2.26. The van der Waals surface area contributed by atoms with Crippen LogP contribution in [0.5, 0.6) is 0 Å². The van der Waals surface area contributed by atoms with Gasteiger partial charge in [0.1, 0.15) is 0 Å². The van der Waals surface area contributed by atoms with Crippen LogP contribution in [-0.4, -0.2) is 64.5 Å². The van der Waals surface area contributed by atoms with Crippen LogP contribution < -0.4 is 10.6 Å². The predicted molar refractivity (Wildman–Crippen MR) is 101 cm³/mol. The molecular formula is C18H30N6O4. The van der Waals surface area contributed by atoms with Crippen molar-refractivity contribution >= 4 is 17.9 Å². The van der Waals surface area contributed by atoms with Gasteiger partial charge in [-0.2, -0.15) is 0 Å². The van der Waals surface area contributed by atoms with Crippen molar-refractivity contribution in [2.24, 2.45) is 5.92 Å². The fourth-order valence-electron chi connectivity index (χ4n) is 2.89. The molecule has 1 aromatic heterocycles. The Morgan fingerprint density at radius 3 is 2.68 bits per heavy atom. The first-order valence-electron chi connectivity index (χ1n) is 9.75. The summed E-state index contributed by atoms with van der Waals surface area (Å²) in [6.45, 7) is 5.72. The first kappa shape index (κ1) is 21.6. The van der Waals surface area contributed by atoms with Crippen LogP contribution >= 0.6 is 0 Å². The van der Waals surface area contributed by atoms with Gasteiger partial charge in [0.2, 0.25) is 5.91 Å². The molecule has 2 rings (SSSR count). The Balaban J connectivity index is 1.82. The highest BCUT2D eigenvalue weighted by molar-refractivity contribution is 5.95. The summed E-state index contributed by atoms with van der Waals surface area (Å²) in [6.07, 6.45) is 3.81. The molecule has 0 saturated heterocycles. The van der Waals surface area contributed by atoms with Crippen molar-refractivity contribution in [3.63, 3.8) is 0 Å². The molecular weight excluding hydrogens is 364 g/mol. The number of hydrogen-bond donors (Lipinski definition) is 2. The number of unbranched alkanes of at least 4 members (excludes halogenated alkanes) is 2. The van der Waals surface area contributed by atoms with E-state index in [1.54, 1.807) is 9.58 Å². The number of carbonyl (C=O) groups is 3.